The van der Waals surface area contributed by atoms with Crippen LogP contribution in [0.5, 0.6) is 0 Å². The van der Waals surface area contributed by atoms with E-state index in [-0.39, 0.29) is 5.91 Å². The Labute approximate surface area is 194 Å². The number of rotatable bonds is 5. The summed E-state index contributed by atoms with van der Waals surface area (Å²) in [6, 6.07) is 11.1. The molecule has 172 valence electrons. The minimum atomic E-state index is 0.181. The van der Waals surface area contributed by atoms with Crippen molar-refractivity contribution in [2.24, 2.45) is 0 Å². The number of aromatic amines is 1. The predicted octanol–water partition coefficient (Wildman–Crippen LogP) is 4.27. The molecule has 4 heterocycles. The highest BCUT2D eigenvalue weighted by Crippen LogP contribution is 2.38. The van der Waals surface area contributed by atoms with Gasteiger partial charge in [-0.05, 0) is 73.2 Å². The Kier molecular flexibility index (Phi) is 5.66. The molecule has 1 amide bonds. The van der Waals surface area contributed by atoms with Crippen LogP contribution in [0.15, 0.2) is 42.7 Å². The van der Waals surface area contributed by atoms with Crippen molar-refractivity contribution in [2.75, 3.05) is 33.7 Å². The summed E-state index contributed by atoms with van der Waals surface area (Å²) in [5, 5.41) is 9.48. The van der Waals surface area contributed by atoms with Gasteiger partial charge in [0.1, 0.15) is 0 Å². The van der Waals surface area contributed by atoms with Gasteiger partial charge in [-0.3, -0.25) is 9.69 Å². The second-order valence-electron chi connectivity index (χ2n) is 9.73. The number of carbonyl (C=O) groups excluding carboxylic acids is 1. The normalized spacial score (nSPS) is 15.7. The minimum absolute atomic E-state index is 0.181. The number of aromatic nitrogens is 4. The monoisotopic (exact) mass is 444 g/mol. The van der Waals surface area contributed by atoms with E-state index in [0.29, 0.717) is 18.4 Å². The fourth-order valence-corrected chi connectivity index (χ4v) is 5.04. The molecule has 1 aliphatic heterocycles. The Balaban J connectivity index is 1.43. The first kappa shape index (κ1) is 21.6. The summed E-state index contributed by atoms with van der Waals surface area (Å²) in [7, 11) is 3.65. The molecule has 33 heavy (non-hydrogen) atoms. The van der Waals surface area contributed by atoms with Gasteiger partial charge in [-0.25, -0.2) is 4.52 Å². The van der Waals surface area contributed by atoms with Crippen LogP contribution in [0, 0.1) is 0 Å². The third kappa shape index (κ3) is 4.13. The van der Waals surface area contributed by atoms with Gasteiger partial charge in [0, 0.05) is 36.8 Å². The van der Waals surface area contributed by atoms with Gasteiger partial charge in [0.15, 0.2) is 0 Å². The number of nitrogens with zero attached hydrogens (tertiary/aromatic N) is 5. The number of benzene rings is 1. The number of amides is 1. The molecule has 1 aliphatic rings. The number of piperidine rings is 1. The van der Waals surface area contributed by atoms with Gasteiger partial charge in [0.2, 0.25) is 5.91 Å². The average molecular weight is 445 g/mol. The zero-order chi connectivity index (χ0) is 23.1. The quantitative estimate of drug-likeness (QED) is 0.499. The van der Waals surface area contributed by atoms with Crippen molar-refractivity contribution in [3.63, 3.8) is 0 Å². The lowest BCUT2D eigenvalue weighted by molar-refractivity contribution is -0.130. The van der Waals surface area contributed by atoms with Crippen LogP contribution in [0.25, 0.3) is 27.7 Å². The maximum absolute atomic E-state index is 12.1. The number of hydrogen-bond donors (Lipinski definition) is 1. The maximum atomic E-state index is 12.1. The summed E-state index contributed by atoms with van der Waals surface area (Å²) in [4.78, 5) is 19.7. The number of carbonyl (C=O) groups is 1. The number of likely N-dealkylation sites (tertiary alicyclic amines) is 1. The predicted molar refractivity (Wildman–Crippen MR) is 131 cm³/mol. The van der Waals surface area contributed by atoms with E-state index in [0.717, 1.165) is 42.7 Å². The molecule has 1 fully saturated rings. The molecule has 0 radical (unpaired) electrons. The van der Waals surface area contributed by atoms with E-state index >= 15 is 0 Å². The first-order valence-electron chi connectivity index (χ1n) is 11.8. The summed E-state index contributed by atoms with van der Waals surface area (Å²) < 4.78 is 1.82. The van der Waals surface area contributed by atoms with E-state index in [1.807, 2.05) is 24.8 Å². The smallest absolute Gasteiger partial charge is 0.236 e. The fourth-order valence-electron chi connectivity index (χ4n) is 5.04. The van der Waals surface area contributed by atoms with Crippen molar-refractivity contribution in [1.29, 1.82) is 0 Å². The van der Waals surface area contributed by atoms with E-state index in [1.165, 1.54) is 22.0 Å². The molecule has 0 spiro atoms. The summed E-state index contributed by atoms with van der Waals surface area (Å²) in [5.74, 6) is 1.10. The highest BCUT2D eigenvalue weighted by atomic mass is 16.2. The second-order valence-corrected chi connectivity index (χ2v) is 9.73. The van der Waals surface area contributed by atoms with Gasteiger partial charge in [-0.2, -0.15) is 0 Å². The SMILES string of the molecule is CC(C)c1c(-c2ccc3cnnn3c2)[nH]c2ccc(C3CCN(CC(=O)N(C)C)CC3)cc12. The number of fused-ring (bicyclic) bond motifs is 2. The average Bonchev–Trinajstić information content (AvgIpc) is 3.43. The van der Waals surface area contributed by atoms with Crippen molar-refractivity contribution < 1.29 is 4.79 Å². The lowest BCUT2D eigenvalue weighted by Crippen LogP contribution is -2.40. The molecule has 4 aromatic rings. The van der Waals surface area contributed by atoms with E-state index in [2.05, 4.69) is 64.4 Å². The largest absolute Gasteiger partial charge is 0.354 e. The zero-order valence-electron chi connectivity index (χ0n) is 19.9. The molecule has 0 bridgehead atoms. The van der Waals surface area contributed by atoms with Crippen molar-refractivity contribution in [1.82, 2.24) is 29.6 Å². The topological polar surface area (TPSA) is 69.5 Å². The number of hydrogen-bond acceptors (Lipinski definition) is 4. The molecule has 0 aliphatic carbocycles. The van der Waals surface area contributed by atoms with Crippen molar-refractivity contribution >= 4 is 22.3 Å². The van der Waals surface area contributed by atoms with E-state index < -0.39 is 0 Å². The van der Waals surface area contributed by atoms with Crippen LogP contribution >= 0.6 is 0 Å². The van der Waals surface area contributed by atoms with Gasteiger partial charge >= 0.3 is 0 Å². The number of likely N-dealkylation sites (N-methyl/N-ethyl adjacent to an activating group) is 1. The van der Waals surface area contributed by atoms with Crippen LogP contribution in [0.4, 0.5) is 0 Å². The molecule has 1 aromatic carbocycles. The van der Waals surface area contributed by atoms with Crippen LogP contribution < -0.4 is 0 Å². The molecule has 0 atom stereocenters. The van der Waals surface area contributed by atoms with E-state index in [4.69, 9.17) is 0 Å². The van der Waals surface area contributed by atoms with Gasteiger partial charge in [-0.15, -0.1) is 5.10 Å². The zero-order valence-corrected chi connectivity index (χ0v) is 19.9. The number of pyridine rings is 1. The standard InChI is InChI=1S/C26H32N6O/c1-17(2)25-22-13-19(18-9-11-31(12-10-18)16-24(33)30(3)4)6-8-23(22)28-26(25)20-5-7-21-14-27-29-32(21)15-20/h5-8,13-15,17-18,28H,9-12,16H2,1-4H3. The Bertz CT molecular complexity index is 1290. The molecule has 1 N–H and O–H groups in total. The molecule has 0 saturated carbocycles. The molecule has 1 saturated heterocycles. The van der Waals surface area contributed by atoms with Gasteiger partial charge < -0.3 is 9.88 Å². The van der Waals surface area contributed by atoms with Crippen molar-refractivity contribution in [3.8, 4) is 11.3 Å². The molecule has 3 aromatic heterocycles. The van der Waals surface area contributed by atoms with E-state index in [1.54, 1.807) is 11.1 Å². The Hall–Kier alpha value is -3.19. The van der Waals surface area contributed by atoms with Crippen LogP contribution in [0.3, 0.4) is 0 Å². The van der Waals surface area contributed by atoms with Crippen molar-refractivity contribution in [3.05, 3.63) is 53.9 Å². The third-order valence-electron chi connectivity index (χ3n) is 6.94. The first-order valence-corrected chi connectivity index (χ1v) is 11.8. The summed E-state index contributed by atoms with van der Waals surface area (Å²) >= 11 is 0. The molecule has 7 nitrogen and oxygen atoms in total. The van der Waals surface area contributed by atoms with Gasteiger partial charge in [-0.1, -0.05) is 25.1 Å². The van der Waals surface area contributed by atoms with Crippen LogP contribution in [-0.2, 0) is 4.79 Å². The summed E-state index contributed by atoms with van der Waals surface area (Å²) in [6.07, 6.45) is 5.99. The van der Waals surface area contributed by atoms with Crippen molar-refractivity contribution in [2.45, 2.75) is 38.5 Å². The summed E-state index contributed by atoms with van der Waals surface area (Å²) in [5.41, 5.74) is 7.19. The molecule has 0 unspecified atom stereocenters. The Morgan fingerprint density at radius 1 is 1.18 bits per heavy atom. The van der Waals surface area contributed by atoms with Crippen LogP contribution in [-0.4, -0.2) is 69.2 Å². The van der Waals surface area contributed by atoms with Crippen LogP contribution in [0.1, 0.15) is 49.7 Å². The second kappa shape index (κ2) is 8.63. The first-order chi connectivity index (χ1) is 15.9. The molecular formula is C26H32N6O. The molecule has 5 rings (SSSR count). The third-order valence-corrected chi connectivity index (χ3v) is 6.94. The number of H-pyrrole nitrogens is 1. The van der Waals surface area contributed by atoms with E-state index in [9.17, 15) is 4.79 Å². The lowest BCUT2D eigenvalue weighted by Gasteiger charge is -2.32. The Morgan fingerprint density at radius 2 is 1.97 bits per heavy atom. The number of nitrogens with one attached hydrogen (secondary N) is 1. The van der Waals surface area contributed by atoms with Gasteiger partial charge in [0.25, 0.3) is 0 Å². The van der Waals surface area contributed by atoms with Gasteiger partial charge in [0.05, 0.1) is 24.0 Å². The summed E-state index contributed by atoms with van der Waals surface area (Å²) in [6.45, 7) is 6.97. The molecule has 7 heteroatoms. The highest BCUT2D eigenvalue weighted by molar-refractivity contribution is 5.92. The Morgan fingerprint density at radius 3 is 2.70 bits per heavy atom. The van der Waals surface area contributed by atoms with Crippen LogP contribution in [0.2, 0.25) is 0 Å². The fraction of sp³-hybridized carbons (Fsp3) is 0.423. The minimum Gasteiger partial charge on any atom is -0.354 e. The lowest BCUT2D eigenvalue weighted by atomic mass is 9.87. The highest BCUT2D eigenvalue weighted by Gasteiger charge is 2.24. The molecular weight excluding hydrogens is 412 g/mol. The maximum Gasteiger partial charge on any atom is 0.236 e.